The van der Waals surface area contributed by atoms with Crippen LogP contribution >= 0.6 is 0 Å². The van der Waals surface area contributed by atoms with Gasteiger partial charge in [-0.05, 0) is 19.1 Å². The van der Waals surface area contributed by atoms with E-state index >= 15 is 0 Å². The maximum Gasteiger partial charge on any atom is 0.359 e. The Hall–Kier alpha value is -4.13. The number of fused-ring (bicyclic) bond motifs is 1. The van der Waals surface area contributed by atoms with E-state index in [0.29, 0.717) is 0 Å². The number of nitriles is 1. The molecule has 0 aliphatic rings. The molecule has 3 rings (SSSR count). The molecule has 0 atom stereocenters. The second-order valence-corrected chi connectivity index (χ2v) is 5.27. The third kappa shape index (κ3) is 2.77. The summed E-state index contributed by atoms with van der Waals surface area (Å²) >= 11 is 0. The van der Waals surface area contributed by atoms with E-state index in [0.717, 1.165) is 4.68 Å². The predicted molar refractivity (Wildman–Crippen MR) is 91.6 cm³/mol. The number of carboxylic acid groups (broad SMARTS) is 1. The molecular formula is C17H12N4O6. The van der Waals surface area contributed by atoms with E-state index in [1.807, 2.05) is 0 Å². The lowest BCUT2D eigenvalue weighted by molar-refractivity contribution is 0.0521. The van der Waals surface area contributed by atoms with Crippen molar-refractivity contribution in [3.05, 3.63) is 51.5 Å². The van der Waals surface area contributed by atoms with Crippen LogP contribution < -0.4 is 11.4 Å². The Labute approximate surface area is 151 Å². The van der Waals surface area contributed by atoms with Gasteiger partial charge in [-0.15, -0.1) is 0 Å². The van der Waals surface area contributed by atoms with Crippen molar-refractivity contribution >= 4 is 28.7 Å². The molecule has 2 heterocycles. The van der Waals surface area contributed by atoms with Gasteiger partial charge in [0, 0.05) is 0 Å². The van der Waals surface area contributed by atoms with Gasteiger partial charge in [0.1, 0.15) is 6.07 Å². The van der Waals surface area contributed by atoms with E-state index in [-0.39, 0.29) is 40.3 Å². The number of hydrogen-bond donors (Lipinski definition) is 2. The fraction of sp³-hybridized carbons (Fsp3) is 0.118. The zero-order chi connectivity index (χ0) is 19.7. The minimum atomic E-state index is -1.25. The Kier molecular flexibility index (Phi) is 4.35. The molecule has 0 saturated heterocycles. The lowest BCUT2D eigenvalue weighted by atomic mass is 10.1. The molecule has 2 aromatic heterocycles. The van der Waals surface area contributed by atoms with Gasteiger partial charge in [-0.25, -0.2) is 14.4 Å². The maximum absolute atomic E-state index is 12.3. The summed E-state index contributed by atoms with van der Waals surface area (Å²) in [5.41, 5.74) is 3.39. The largest absolute Gasteiger partial charge is 0.478 e. The van der Waals surface area contributed by atoms with Gasteiger partial charge in [0.25, 0.3) is 0 Å². The molecule has 0 saturated carbocycles. The van der Waals surface area contributed by atoms with Gasteiger partial charge in [-0.2, -0.15) is 15.0 Å². The van der Waals surface area contributed by atoms with Gasteiger partial charge >= 0.3 is 17.6 Å². The predicted octanol–water partition coefficient (Wildman–Crippen LogP) is 1.31. The Bertz CT molecular complexity index is 1180. The number of anilines is 1. The van der Waals surface area contributed by atoms with Crippen molar-refractivity contribution in [1.29, 1.82) is 5.26 Å². The molecule has 0 bridgehead atoms. The van der Waals surface area contributed by atoms with Crippen LogP contribution in [-0.2, 0) is 4.74 Å². The molecule has 10 heteroatoms. The summed E-state index contributed by atoms with van der Waals surface area (Å²) in [5.74, 6) is -2.12. The number of nitrogens with zero attached hydrogens (tertiary/aromatic N) is 3. The quantitative estimate of drug-likeness (QED) is 0.646. The van der Waals surface area contributed by atoms with Crippen molar-refractivity contribution in [2.24, 2.45) is 0 Å². The third-order valence-corrected chi connectivity index (χ3v) is 3.72. The number of benzene rings is 1. The van der Waals surface area contributed by atoms with Crippen LogP contribution in [0.1, 0.15) is 33.3 Å². The fourth-order valence-corrected chi connectivity index (χ4v) is 2.56. The lowest BCUT2D eigenvalue weighted by Gasteiger charge is -2.06. The number of carboxylic acids is 1. The fourth-order valence-electron chi connectivity index (χ4n) is 2.56. The number of hydrogen-bond acceptors (Lipinski definition) is 8. The molecular weight excluding hydrogens is 356 g/mol. The smallest absolute Gasteiger partial charge is 0.359 e. The average molecular weight is 368 g/mol. The molecule has 136 valence electrons. The summed E-state index contributed by atoms with van der Waals surface area (Å²) in [4.78, 5) is 35.9. The number of para-hydroxylation sites is 1. The van der Waals surface area contributed by atoms with Crippen molar-refractivity contribution in [2.75, 3.05) is 12.3 Å². The molecule has 0 amide bonds. The first-order chi connectivity index (χ1) is 12.9. The van der Waals surface area contributed by atoms with E-state index in [4.69, 9.17) is 20.1 Å². The summed E-state index contributed by atoms with van der Waals surface area (Å²) in [6.07, 6.45) is 0. The zero-order valence-corrected chi connectivity index (χ0v) is 13.9. The Balaban J connectivity index is 2.46. The van der Waals surface area contributed by atoms with Crippen LogP contribution in [-0.4, -0.2) is 33.4 Å². The van der Waals surface area contributed by atoms with Gasteiger partial charge < -0.3 is 20.0 Å². The molecule has 0 aliphatic heterocycles. The highest BCUT2D eigenvalue weighted by molar-refractivity contribution is 6.07. The Morgan fingerprint density at radius 3 is 2.74 bits per heavy atom. The van der Waals surface area contributed by atoms with Crippen LogP contribution in [0.25, 0.3) is 16.8 Å². The van der Waals surface area contributed by atoms with Crippen molar-refractivity contribution in [2.45, 2.75) is 6.92 Å². The summed E-state index contributed by atoms with van der Waals surface area (Å²) < 4.78 is 11.0. The highest BCUT2D eigenvalue weighted by Gasteiger charge is 2.27. The molecule has 0 unspecified atom stereocenters. The monoisotopic (exact) mass is 368 g/mol. The minimum Gasteiger partial charge on any atom is -0.478 e. The molecule has 0 radical (unpaired) electrons. The molecule has 0 aliphatic carbocycles. The highest BCUT2D eigenvalue weighted by atomic mass is 16.5. The molecule has 1 aromatic carbocycles. The van der Waals surface area contributed by atoms with E-state index < -0.39 is 23.1 Å². The van der Waals surface area contributed by atoms with Crippen molar-refractivity contribution in [3.8, 4) is 11.8 Å². The zero-order valence-electron chi connectivity index (χ0n) is 13.9. The topological polar surface area (TPSA) is 161 Å². The van der Waals surface area contributed by atoms with Gasteiger partial charge in [-0.3, -0.25) is 0 Å². The minimum absolute atomic E-state index is 0.0396. The van der Waals surface area contributed by atoms with Crippen LogP contribution in [0.15, 0.2) is 33.5 Å². The van der Waals surface area contributed by atoms with Gasteiger partial charge in [0.15, 0.2) is 11.3 Å². The summed E-state index contributed by atoms with van der Waals surface area (Å²) in [7, 11) is 0. The Morgan fingerprint density at radius 1 is 1.41 bits per heavy atom. The van der Waals surface area contributed by atoms with E-state index in [2.05, 4.69) is 5.10 Å². The summed E-state index contributed by atoms with van der Waals surface area (Å²) in [6.45, 7) is 1.63. The number of aromatic nitrogens is 2. The van der Waals surface area contributed by atoms with E-state index in [9.17, 15) is 19.5 Å². The van der Waals surface area contributed by atoms with Crippen LogP contribution in [0.3, 0.4) is 0 Å². The number of carbonyl (C=O) groups excluding carboxylic acids is 1. The number of rotatable bonds is 4. The van der Waals surface area contributed by atoms with Gasteiger partial charge in [-0.1, -0.05) is 12.1 Å². The summed E-state index contributed by atoms with van der Waals surface area (Å²) in [5, 5.41) is 22.5. The van der Waals surface area contributed by atoms with E-state index in [1.165, 1.54) is 18.2 Å². The number of aromatic carboxylic acids is 1. The van der Waals surface area contributed by atoms with Gasteiger partial charge in [0.2, 0.25) is 5.71 Å². The lowest BCUT2D eigenvalue weighted by Crippen LogP contribution is -2.11. The van der Waals surface area contributed by atoms with Crippen molar-refractivity contribution < 1.29 is 23.8 Å². The first kappa shape index (κ1) is 17.7. The molecule has 3 N–H and O–H groups in total. The molecule has 27 heavy (non-hydrogen) atoms. The van der Waals surface area contributed by atoms with Crippen molar-refractivity contribution in [1.82, 2.24) is 9.78 Å². The number of nitrogens with two attached hydrogens (primary N) is 1. The number of carbonyl (C=O) groups is 2. The average Bonchev–Trinajstić information content (AvgIpc) is 3.01. The molecule has 10 nitrogen and oxygen atoms in total. The first-order valence-electron chi connectivity index (χ1n) is 7.65. The summed E-state index contributed by atoms with van der Waals surface area (Å²) in [6, 6.07) is 7.40. The van der Waals surface area contributed by atoms with Crippen LogP contribution in [0, 0.1) is 11.3 Å². The molecule has 0 spiro atoms. The van der Waals surface area contributed by atoms with Crippen LogP contribution in [0.4, 0.5) is 5.69 Å². The number of ether oxygens (including phenoxy) is 1. The number of esters is 1. The normalized spacial score (nSPS) is 10.5. The first-order valence-corrected chi connectivity index (χ1v) is 7.65. The maximum atomic E-state index is 12.3. The van der Waals surface area contributed by atoms with Crippen LogP contribution in [0.2, 0.25) is 0 Å². The van der Waals surface area contributed by atoms with Crippen molar-refractivity contribution in [3.63, 3.8) is 0 Å². The Morgan fingerprint density at radius 2 is 2.11 bits per heavy atom. The van der Waals surface area contributed by atoms with Crippen LogP contribution in [0.5, 0.6) is 0 Å². The molecule has 3 aromatic rings. The number of nitrogen functional groups attached to an aromatic ring is 1. The second-order valence-electron chi connectivity index (χ2n) is 5.27. The van der Waals surface area contributed by atoms with E-state index in [1.54, 1.807) is 19.1 Å². The second kappa shape index (κ2) is 6.64. The van der Waals surface area contributed by atoms with Gasteiger partial charge in [0.05, 0.1) is 28.9 Å². The standard InChI is InChI=1S/C17H12N4O6/c1-2-26-17(25)13-11-12(19)9(7-18)16(24)27-14(11)21(20-13)10-6-4-3-5-8(10)15(22)23/h3-6H,2,19H2,1H3,(H,22,23). The molecule has 0 fully saturated rings. The SMILES string of the molecule is CCOC(=O)c1nn(-c2ccccc2C(=O)O)c2oc(=O)c(C#N)c(N)c12. The highest BCUT2D eigenvalue weighted by Crippen LogP contribution is 2.29. The third-order valence-electron chi connectivity index (χ3n) is 3.72.